The zero-order valence-corrected chi connectivity index (χ0v) is 15.1. The van der Waals surface area contributed by atoms with Gasteiger partial charge in [-0.2, -0.15) is 4.52 Å². The van der Waals surface area contributed by atoms with Gasteiger partial charge in [0, 0.05) is 9.35 Å². The third-order valence-corrected chi connectivity index (χ3v) is 6.34. The first-order valence-corrected chi connectivity index (χ1v) is 9.43. The molecule has 3 heterocycles. The van der Waals surface area contributed by atoms with E-state index in [1.807, 2.05) is 28.8 Å². The molecule has 1 aliphatic carbocycles. The quantitative estimate of drug-likeness (QED) is 0.532. The highest BCUT2D eigenvalue weighted by Gasteiger charge is 2.22. The van der Waals surface area contributed by atoms with Crippen LogP contribution in [0, 0.1) is 5.41 Å². The van der Waals surface area contributed by atoms with E-state index in [1.165, 1.54) is 23.3 Å². The summed E-state index contributed by atoms with van der Waals surface area (Å²) in [5, 5.41) is 22.1. The van der Waals surface area contributed by atoms with E-state index in [0.717, 1.165) is 33.2 Å². The molecule has 6 nitrogen and oxygen atoms in total. The summed E-state index contributed by atoms with van der Waals surface area (Å²) in [6.45, 7) is 0. The molecule has 0 amide bonds. The van der Waals surface area contributed by atoms with Gasteiger partial charge in [-0.05, 0) is 65.9 Å². The zero-order chi connectivity index (χ0) is 16.3. The smallest absolute Gasteiger partial charge is 0.261 e. The second-order valence-corrected chi connectivity index (χ2v) is 7.94. The van der Waals surface area contributed by atoms with Crippen molar-refractivity contribution in [2.45, 2.75) is 25.7 Å². The summed E-state index contributed by atoms with van der Waals surface area (Å²) in [6, 6.07) is 7.88. The number of aryl methyl sites for hydroxylation is 2. The lowest BCUT2D eigenvalue weighted by atomic mass is 9.97. The Kier molecular flexibility index (Phi) is 3.11. The Hall–Kier alpha value is -2.06. The van der Waals surface area contributed by atoms with Gasteiger partial charge in [-0.1, -0.05) is 21.0 Å². The highest BCUT2D eigenvalue weighted by atomic mass is 79.9. The normalized spacial score (nSPS) is 14.4. The summed E-state index contributed by atoms with van der Waals surface area (Å²) in [5.41, 5.74) is 2.67. The summed E-state index contributed by atoms with van der Waals surface area (Å²) in [4.78, 5) is 2.37. The number of thiophene rings is 1. The number of aromatic nitrogens is 5. The van der Waals surface area contributed by atoms with Crippen molar-refractivity contribution in [3.8, 4) is 5.69 Å². The second kappa shape index (κ2) is 5.22. The van der Waals surface area contributed by atoms with Gasteiger partial charge >= 0.3 is 0 Å². The highest BCUT2D eigenvalue weighted by Crippen LogP contribution is 2.34. The predicted molar refractivity (Wildman–Crippen MR) is 95.7 cm³/mol. The van der Waals surface area contributed by atoms with Crippen LogP contribution in [0.25, 0.3) is 21.7 Å². The van der Waals surface area contributed by atoms with Crippen molar-refractivity contribution >= 4 is 43.3 Å². The van der Waals surface area contributed by atoms with E-state index in [4.69, 9.17) is 5.41 Å². The maximum atomic E-state index is 8.86. The molecule has 5 rings (SSSR count). The summed E-state index contributed by atoms with van der Waals surface area (Å²) in [5.74, 6) is 0.577. The molecule has 0 radical (unpaired) electrons. The van der Waals surface area contributed by atoms with E-state index in [2.05, 4.69) is 31.5 Å². The van der Waals surface area contributed by atoms with Gasteiger partial charge in [-0.3, -0.25) is 9.98 Å². The largest absolute Gasteiger partial charge is 0.283 e. The summed E-state index contributed by atoms with van der Waals surface area (Å²) in [7, 11) is 0. The number of fused-ring (bicyclic) bond motifs is 5. The van der Waals surface area contributed by atoms with Crippen LogP contribution in [0.4, 0.5) is 0 Å². The molecular formula is C16H13BrN6S. The van der Waals surface area contributed by atoms with Crippen molar-refractivity contribution in [3.05, 3.63) is 44.7 Å². The lowest BCUT2D eigenvalue weighted by Gasteiger charge is -2.12. The lowest BCUT2D eigenvalue weighted by molar-refractivity contribution is 0.699. The van der Waals surface area contributed by atoms with Crippen LogP contribution in [0.15, 0.2) is 28.7 Å². The summed E-state index contributed by atoms with van der Waals surface area (Å²) >= 11 is 5.20. The van der Waals surface area contributed by atoms with E-state index < -0.39 is 0 Å². The lowest BCUT2D eigenvalue weighted by Crippen LogP contribution is -2.22. The average Bonchev–Trinajstić information content (AvgIpc) is 3.20. The molecule has 1 N–H and O–H groups in total. The minimum atomic E-state index is 0.467. The van der Waals surface area contributed by atoms with E-state index in [-0.39, 0.29) is 0 Å². The molecule has 0 spiro atoms. The predicted octanol–water partition coefficient (Wildman–Crippen LogP) is 3.25. The van der Waals surface area contributed by atoms with Gasteiger partial charge in [-0.25, -0.2) is 0 Å². The number of nitrogens with one attached hydrogen (secondary N) is 1. The van der Waals surface area contributed by atoms with Crippen LogP contribution < -0.4 is 5.49 Å². The molecular weight excluding hydrogens is 388 g/mol. The molecule has 8 heteroatoms. The Bertz CT molecular complexity index is 1140. The Morgan fingerprint density at radius 1 is 1.12 bits per heavy atom. The Morgan fingerprint density at radius 3 is 2.75 bits per heavy atom. The average molecular weight is 401 g/mol. The SMILES string of the molecule is N=c1c2c3c(sc2n2nnnc2n1-c1ccc(Br)cc1)CCCC3. The second-order valence-electron chi connectivity index (χ2n) is 5.94. The molecule has 0 saturated carbocycles. The Balaban J connectivity index is 1.95. The first kappa shape index (κ1) is 14.3. The van der Waals surface area contributed by atoms with Crippen molar-refractivity contribution in [1.82, 2.24) is 24.6 Å². The molecule has 0 saturated heterocycles. The number of nitrogens with zero attached hydrogens (tertiary/aromatic N) is 5. The number of rotatable bonds is 1. The van der Waals surface area contributed by atoms with Gasteiger partial charge < -0.3 is 0 Å². The molecule has 1 aromatic carbocycles. The molecule has 24 heavy (non-hydrogen) atoms. The van der Waals surface area contributed by atoms with Crippen molar-refractivity contribution in [2.24, 2.45) is 0 Å². The Labute approximate surface area is 149 Å². The molecule has 0 bridgehead atoms. The maximum absolute atomic E-state index is 8.86. The molecule has 1 aliphatic rings. The van der Waals surface area contributed by atoms with Crippen LogP contribution in [0.5, 0.6) is 0 Å². The zero-order valence-electron chi connectivity index (χ0n) is 12.7. The number of benzene rings is 1. The number of halogens is 1. The third kappa shape index (κ3) is 1.93. The van der Waals surface area contributed by atoms with Gasteiger partial charge in [0.15, 0.2) is 0 Å². The highest BCUT2D eigenvalue weighted by molar-refractivity contribution is 9.10. The van der Waals surface area contributed by atoms with Crippen molar-refractivity contribution < 1.29 is 0 Å². The van der Waals surface area contributed by atoms with Crippen molar-refractivity contribution in [3.63, 3.8) is 0 Å². The molecule has 0 atom stereocenters. The molecule has 3 aromatic heterocycles. The van der Waals surface area contributed by atoms with Crippen LogP contribution in [-0.2, 0) is 12.8 Å². The van der Waals surface area contributed by atoms with Crippen molar-refractivity contribution in [2.75, 3.05) is 0 Å². The molecule has 0 fully saturated rings. The molecule has 0 aliphatic heterocycles. The summed E-state index contributed by atoms with van der Waals surface area (Å²) in [6.07, 6.45) is 4.54. The fraction of sp³-hybridized carbons (Fsp3) is 0.250. The topological polar surface area (TPSA) is 71.9 Å². The monoisotopic (exact) mass is 400 g/mol. The number of hydrogen-bond donors (Lipinski definition) is 1. The first-order valence-electron chi connectivity index (χ1n) is 7.82. The van der Waals surface area contributed by atoms with Gasteiger partial charge in [-0.15, -0.1) is 11.3 Å². The van der Waals surface area contributed by atoms with Crippen LogP contribution >= 0.6 is 27.3 Å². The first-order chi connectivity index (χ1) is 11.7. The van der Waals surface area contributed by atoms with Crippen LogP contribution in [0.1, 0.15) is 23.3 Å². The number of hydrogen-bond acceptors (Lipinski definition) is 5. The van der Waals surface area contributed by atoms with Gasteiger partial charge in [0.2, 0.25) is 0 Å². The minimum Gasteiger partial charge on any atom is -0.283 e. The minimum absolute atomic E-state index is 0.467. The van der Waals surface area contributed by atoms with Crippen LogP contribution in [-0.4, -0.2) is 24.6 Å². The van der Waals surface area contributed by atoms with Gasteiger partial charge in [0.05, 0.1) is 11.1 Å². The maximum Gasteiger partial charge on any atom is 0.261 e. The number of tetrazole rings is 1. The van der Waals surface area contributed by atoms with E-state index >= 15 is 0 Å². The van der Waals surface area contributed by atoms with Crippen molar-refractivity contribution in [1.29, 1.82) is 5.41 Å². The van der Waals surface area contributed by atoms with Gasteiger partial charge in [0.1, 0.15) is 10.3 Å². The van der Waals surface area contributed by atoms with E-state index in [9.17, 15) is 0 Å². The fourth-order valence-corrected chi connectivity index (χ4v) is 5.04. The van der Waals surface area contributed by atoms with Crippen LogP contribution in [0.3, 0.4) is 0 Å². The summed E-state index contributed by atoms with van der Waals surface area (Å²) < 4.78 is 4.61. The molecule has 0 unspecified atom stereocenters. The standard InChI is InChI=1S/C16H13BrN6S/c17-9-5-7-10(8-6-9)22-14(18)13-11-3-1-2-4-12(11)24-15(13)23-16(22)19-20-21-23/h5-8,18H,1-4H2. The third-order valence-electron chi connectivity index (χ3n) is 4.54. The van der Waals surface area contributed by atoms with E-state index in [0.29, 0.717) is 11.3 Å². The van der Waals surface area contributed by atoms with E-state index in [1.54, 1.807) is 15.9 Å². The van der Waals surface area contributed by atoms with Gasteiger partial charge in [0.25, 0.3) is 5.78 Å². The molecule has 4 aromatic rings. The van der Waals surface area contributed by atoms with Crippen LogP contribution in [0.2, 0.25) is 0 Å². The fourth-order valence-electron chi connectivity index (χ4n) is 3.44. The Morgan fingerprint density at radius 2 is 1.92 bits per heavy atom. The molecule has 120 valence electrons.